The lowest BCUT2D eigenvalue weighted by Gasteiger charge is -2.34. The number of ether oxygens (including phenoxy) is 1. The highest BCUT2D eigenvalue weighted by molar-refractivity contribution is 5.90. The molecular formula is C20H22ClN7O. The molecule has 0 unspecified atom stereocenters. The normalized spacial score (nSPS) is 16.7. The van der Waals surface area contributed by atoms with E-state index in [0.29, 0.717) is 19.2 Å². The number of aromatic nitrogens is 6. The van der Waals surface area contributed by atoms with Gasteiger partial charge < -0.3 is 9.64 Å². The molecule has 0 saturated carbocycles. The minimum Gasteiger partial charge on any atom is -0.377 e. The zero-order valence-corrected chi connectivity index (χ0v) is 16.8. The maximum atomic E-state index is 5.57. The van der Waals surface area contributed by atoms with Crippen LogP contribution in [0.4, 0.5) is 5.82 Å². The van der Waals surface area contributed by atoms with Gasteiger partial charge in [-0.1, -0.05) is 6.07 Å². The van der Waals surface area contributed by atoms with Crippen molar-refractivity contribution in [3.8, 4) is 11.4 Å². The molecule has 0 spiro atoms. The van der Waals surface area contributed by atoms with Gasteiger partial charge in [-0.25, -0.2) is 4.98 Å². The quantitative estimate of drug-likeness (QED) is 0.555. The van der Waals surface area contributed by atoms with Crippen LogP contribution in [0.3, 0.4) is 0 Å². The van der Waals surface area contributed by atoms with E-state index in [2.05, 4.69) is 39.1 Å². The molecule has 1 aliphatic heterocycles. The van der Waals surface area contributed by atoms with Crippen LogP contribution in [0.5, 0.6) is 0 Å². The fourth-order valence-corrected chi connectivity index (χ4v) is 3.63. The van der Waals surface area contributed by atoms with Crippen LogP contribution < -0.4 is 4.90 Å². The number of halogens is 1. The second-order valence-electron chi connectivity index (χ2n) is 6.99. The van der Waals surface area contributed by atoms with E-state index in [-0.39, 0.29) is 12.4 Å². The second kappa shape index (κ2) is 8.18. The largest absolute Gasteiger partial charge is 0.377 e. The number of nitrogens with zero attached hydrogens (tertiary/aromatic N) is 6. The Morgan fingerprint density at radius 3 is 2.90 bits per heavy atom. The van der Waals surface area contributed by atoms with Crippen molar-refractivity contribution in [2.75, 3.05) is 24.7 Å². The van der Waals surface area contributed by atoms with Crippen LogP contribution in [0.2, 0.25) is 0 Å². The minimum atomic E-state index is 0. The first-order chi connectivity index (χ1) is 13.8. The summed E-state index contributed by atoms with van der Waals surface area (Å²) in [5.41, 5.74) is 4.60. The molecule has 0 aromatic carbocycles. The number of anilines is 1. The van der Waals surface area contributed by atoms with Gasteiger partial charge in [-0.15, -0.1) is 12.4 Å². The molecule has 29 heavy (non-hydrogen) atoms. The van der Waals surface area contributed by atoms with Crippen molar-refractivity contribution in [3.63, 3.8) is 0 Å². The third-order valence-corrected chi connectivity index (χ3v) is 5.06. The first-order valence-electron chi connectivity index (χ1n) is 9.40. The molecule has 4 aromatic heterocycles. The van der Waals surface area contributed by atoms with Gasteiger partial charge >= 0.3 is 0 Å². The van der Waals surface area contributed by atoms with Gasteiger partial charge in [-0.2, -0.15) is 10.2 Å². The Morgan fingerprint density at radius 1 is 1.21 bits per heavy atom. The van der Waals surface area contributed by atoms with Crippen LogP contribution in [0.1, 0.15) is 12.5 Å². The van der Waals surface area contributed by atoms with Gasteiger partial charge in [0, 0.05) is 25.1 Å². The van der Waals surface area contributed by atoms with Crippen LogP contribution in [-0.4, -0.2) is 55.7 Å². The smallest absolute Gasteiger partial charge is 0.136 e. The lowest BCUT2D eigenvalue weighted by molar-refractivity contribution is 0.0986. The molecule has 5 heterocycles. The number of pyridine rings is 2. The van der Waals surface area contributed by atoms with Crippen molar-refractivity contribution in [3.05, 3.63) is 54.5 Å². The summed E-state index contributed by atoms with van der Waals surface area (Å²) in [6.07, 6.45) is 5.37. The molecule has 0 radical (unpaired) electrons. The molecule has 1 N–H and O–H groups in total. The molecule has 150 valence electrons. The van der Waals surface area contributed by atoms with Crippen molar-refractivity contribution in [1.82, 2.24) is 29.9 Å². The van der Waals surface area contributed by atoms with Gasteiger partial charge in [0.05, 0.1) is 37.0 Å². The first-order valence-corrected chi connectivity index (χ1v) is 9.40. The first kappa shape index (κ1) is 19.4. The number of aromatic amines is 1. The SMILES string of the molecule is C[C@@H]1COCCN1c1ccc2c(n1)c(-c1ccn[nH]1)nn2Cc1cccnc1.Cl. The third kappa shape index (κ3) is 3.68. The maximum absolute atomic E-state index is 5.57. The van der Waals surface area contributed by atoms with E-state index < -0.39 is 0 Å². The zero-order chi connectivity index (χ0) is 18.9. The molecule has 1 fully saturated rings. The molecular weight excluding hydrogens is 390 g/mol. The summed E-state index contributed by atoms with van der Waals surface area (Å²) in [5.74, 6) is 0.949. The van der Waals surface area contributed by atoms with Gasteiger partial charge in [0.15, 0.2) is 0 Å². The average molecular weight is 412 g/mol. The maximum Gasteiger partial charge on any atom is 0.136 e. The Labute approximate surface area is 174 Å². The molecule has 9 heteroatoms. The van der Waals surface area contributed by atoms with E-state index in [1.807, 2.05) is 29.1 Å². The summed E-state index contributed by atoms with van der Waals surface area (Å²) in [5, 5.41) is 11.9. The monoisotopic (exact) mass is 411 g/mol. The summed E-state index contributed by atoms with van der Waals surface area (Å²) in [6, 6.07) is 10.4. The van der Waals surface area contributed by atoms with Crippen molar-refractivity contribution in [1.29, 1.82) is 0 Å². The van der Waals surface area contributed by atoms with Crippen molar-refractivity contribution in [2.24, 2.45) is 0 Å². The fraction of sp³-hybridized carbons (Fsp3) is 0.300. The number of hydrogen-bond donors (Lipinski definition) is 1. The lowest BCUT2D eigenvalue weighted by Crippen LogP contribution is -2.44. The van der Waals surface area contributed by atoms with E-state index in [1.165, 1.54) is 0 Å². The fourth-order valence-electron chi connectivity index (χ4n) is 3.63. The number of fused-ring (bicyclic) bond motifs is 1. The Morgan fingerprint density at radius 2 is 2.14 bits per heavy atom. The molecule has 5 rings (SSSR count). The van der Waals surface area contributed by atoms with Gasteiger partial charge in [0.25, 0.3) is 0 Å². The molecule has 0 bridgehead atoms. The Hall–Kier alpha value is -2.97. The molecule has 0 aliphatic carbocycles. The summed E-state index contributed by atoms with van der Waals surface area (Å²) < 4.78 is 7.54. The van der Waals surface area contributed by atoms with Crippen LogP contribution in [-0.2, 0) is 11.3 Å². The van der Waals surface area contributed by atoms with Crippen LogP contribution in [0.15, 0.2) is 48.9 Å². The number of morpholine rings is 1. The highest BCUT2D eigenvalue weighted by Crippen LogP contribution is 2.29. The number of rotatable bonds is 4. The molecule has 8 nitrogen and oxygen atoms in total. The predicted molar refractivity (Wildman–Crippen MR) is 113 cm³/mol. The Balaban J connectivity index is 0.00000205. The van der Waals surface area contributed by atoms with Crippen LogP contribution in [0.25, 0.3) is 22.4 Å². The third-order valence-electron chi connectivity index (χ3n) is 5.06. The van der Waals surface area contributed by atoms with Crippen molar-refractivity contribution < 1.29 is 4.74 Å². The molecule has 1 atom stereocenters. The number of hydrogen-bond acceptors (Lipinski definition) is 6. The summed E-state index contributed by atoms with van der Waals surface area (Å²) in [7, 11) is 0. The van der Waals surface area contributed by atoms with E-state index in [0.717, 1.165) is 47.0 Å². The topological polar surface area (TPSA) is 84.8 Å². The summed E-state index contributed by atoms with van der Waals surface area (Å²) in [4.78, 5) is 11.5. The van der Waals surface area contributed by atoms with E-state index in [1.54, 1.807) is 12.4 Å². The predicted octanol–water partition coefficient (Wildman–Crippen LogP) is 2.91. The van der Waals surface area contributed by atoms with E-state index >= 15 is 0 Å². The van der Waals surface area contributed by atoms with Gasteiger partial charge in [-0.05, 0) is 36.8 Å². The molecule has 0 amide bonds. The van der Waals surface area contributed by atoms with Gasteiger partial charge in [0.1, 0.15) is 17.0 Å². The molecule has 4 aromatic rings. The zero-order valence-electron chi connectivity index (χ0n) is 16.0. The molecule has 1 aliphatic rings. The van der Waals surface area contributed by atoms with E-state index in [4.69, 9.17) is 14.8 Å². The number of H-pyrrole nitrogens is 1. The van der Waals surface area contributed by atoms with Crippen LogP contribution >= 0.6 is 12.4 Å². The summed E-state index contributed by atoms with van der Waals surface area (Å²) in [6.45, 7) is 5.06. The Bertz CT molecular complexity index is 1080. The number of nitrogens with one attached hydrogen (secondary N) is 1. The highest BCUT2D eigenvalue weighted by atomic mass is 35.5. The van der Waals surface area contributed by atoms with Crippen molar-refractivity contribution in [2.45, 2.75) is 19.5 Å². The second-order valence-corrected chi connectivity index (χ2v) is 6.99. The van der Waals surface area contributed by atoms with Crippen LogP contribution in [0, 0.1) is 0 Å². The minimum absolute atomic E-state index is 0. The Kier molecular flexibility index (Phi) is 5.46. The van der Waals surface area contributed by atoms with Gasteiger partial charge in [0.2, 0.25) is 0 Å². The lowest BCUT2D eigenvalue weighted by atomic mass is 10.2. The highest BCUT2D eigenvalue weighted by Gasteiger charge is 2.22. The standard InChI is InChI=1S/C20H21N7O.ClH/c1-14-13-28-10-9-26(14)18-5-4-17-20(23-18)19(16-6-8-22-24-16)25-27(17)12-15-3-2-7-21-11-15;/h2-8,11,14H,9-10,12-13H2,1H3,(H,22,24);1H/t14-;/m1./s1. The molecule has 1 saturated heterocycles. The van der Waals surface area contributed by atoms with E-state index in [9.17, 15) is 0 Å². The van der Waals surface area contributed by atoms with Crippen molar-refractivity contribution >= 4 is 29.3 Å². The summed E-state index contributed by atoms with van der Waals surface area (Å²) >= 11 is 0. The average Bonchev–Trinajstić information content (AvgIpc) is 3.37. The van der Waals surface area contributed by atoms with Gasteiger partial charge in [-0.3, -0.25) is 14.8 Å².